The second-order valence-electron chi connectivity index (χ2n) is 3.33. The van der Waals surface area contributed by atoms with Crippen molar-refractivity contribution in [1.29, 1.82) is 0 Å². The zero-order valence-electron chi connectivity index (χ0n) is 9.08. The van der Waals surface area contributed by atoms with Gasteiger partial charge in [-0.2, -0.15) is 0 Å². The zero-order chi connectivity index (χ0) is 11.3. The van der Waals surface area contributed by atoms with E-state index in [1.54, 1.807) is 14.0 Å². The Morgan fingerprint density at radius 3 is 2.40 bits per heavy atom. The molecule has 2 N–H and O–H groups in total. The standard InChI is InChI=1S/C12H16N2O/c1-9(15)12(14-10(2)13-3)11-7-5-4-6-8-11/h4-8,12-14H,2H2,1,3H3/t12-/m0/s1. The van der Waals surface area contributed by atoms with Gasteiger partial charge in [0.15, 0.2) is 5.78 Å². The summed E-state index contributed by atoms with van der Waals surface area (Å²) in [6.45, 7) is 5.31. The highest BCUT2D eigenvalue weighted by Crippen LogP contribution is 2.13. The summed E-state index contributed by atoms with van der Waals surface area (Å²) in [7, 11) is 1.76. The lowest BCUT2D eigenvalue weighted by atomic mass is 10.0. The highest BCUT2D eigenvalue weighted by molar-refractivity contribution is 5.83. The molecule has 0 aliphatic heterocycles. The van der Waals surface area contributed by atoms with Gasteiger partial charge in [0.1, 0.15) is 6.04 Å². The van der Waals surface area contributed by atoms with Gasteiger partial charge in [-0.15, -0.1) is 0 Å². The average molecular weight is 204 g/mol. The maximum absolute atomic E-state index is 11.5. The van der Waals surface area contributed by atoms with Crippen molar-refractivity contribution in [2.75, 3.05) is 7.05 Å². The minimum absolute atomic E-state index is 0.0672. The molecule has 80 valence electrons. The molecule has 1 aromatic carbocycles. The van der Waals surface area contributed by atoms with Crippen molar-refractivity contribution in [2.24, 2.45) is 0 Å². The van der Waals surface area contributed by atoms with E-state index >= 15 is 0 Å². The Balaban J connectivity index is 2.84. The van der Waals surface area contributed by atoms with E-state index in [1.807, 2.05) is 30.3 Å². The van der Waals surface area contributed by atoms with E-state index in [4.69, 9.17) is 0 Å². The van der Waals surface area contributed by atoms with Gasteiger partial charge < -0.3 is 10.6 Å². The third kappa shape index (κ3) is 3.13. The molecule has 0 saturated carbocycles. The van der Waals surface area contributed by atoms with Crippen molar-refractivity contribution in [3.05, 3.63) is 48.3 Å². The van der Waals surface area contributed by atoms with Crippen LogP contribution in [0.15, 0.2) is 42.7 Å². The Morgan fingerprint density at radius 2 is 1.93 bits per heavy atom. The van der Waals surface area contributed by atoms with Gasteiger partial charge in [0.05, 0.1) is 5.82 Å². The number of hydrogen-bond donors (Lipinski definition) is 2. The van der Waals surface area contributed by atoms with Crippen LogP contribution in [0.4, 0.5) is 0 Å². The number of carbonyl (C=O) groups is 1. The lowest BCUT2D eigenvalue weighted by Crippen LogP contribution is -2.31. The summed E-state index contributed by atoms with van der Waals surface area (Å²) in [4.78, 5) is 11.5. The van der Waals surface area contributed by atoms with Gasteiger partial charge >= 0.3 is 0 Å². The van der Waals surface area contributed by atoms with E-state index in [0.717, 1.165) is 5.56 Å². The predicted octanol–water partition coefficient (Wildman–Crippen LogP) is 1.60. The van der Waals surface area contributed by atoms with E-state index in [9.17, 15) is 4.79 Å². The van der Waals surface area contributed by atoms with E-state index in [2.05, 4.69) is 17.2 Å². The minimum atomic E-state index is -0.328. The van der Waals surface area contributed by atoms with Crippen LogP contribution in [0.2, 0.25) is 0 Å². The van der Waals surface area contributed by atoms with Gasteiger partial charge in [-0.05, 0) is 12.5 Å². The number of ketones is 1. The molecule has 0 aromatic heterocycles. The van der Waals surface area contributed by atoms with E-state index in [0.29, 0.717) is 5.82 Å². The first-order valence-electron chi connectivity index (χ1n) is 4.83. The Kier molecular flexibility index (Phi) is 3.92. The molecule has 1 rings (SSSR count). The molecule has 3 heteroatoms. The van der Waals surface area contributed by atoms with Crippen LogP contribution in [0, 0.1) is 0 Å². The summed E-state index contributed by atoms with van der Waals surface area (Å²) in [5.74, 6) is 0.705. The topological polar surface area (TPSA) is 41.1 Å². The van der Waals surface area contributed by atoms with Gasteiger partial charge in [0.2, 0.25) is 0 Å². The fraction of sp³-hybridized carbons (Fsp3) is 0.250. The fourth-order valence-corrected chi connectivity index (χ4v) is 1.31. The number of benzene rings is 1. The van der Waals surface area contributed by atoms with Crippen LogP contribution >= 0.6 is 0 Å². The fourth-order valence-electron chi connectivity index (χ4n) is 1.31. The average Bonchev–Trinajstić information content (AvgIpc) is 2.26. The molecule has 15 heavy (non-hydrogen) atoms. The summed E-state index contributed by atoms with van der Waals surface area (Å²) in [5.41, 5.74) is 0.946. The largest absolute Gasteiger partial charge is 0.375 e. The third-order valence-corrected chi connectivity index (χ3v) is 2.16. The second kappa shape index (κ2) is 5.20. The number of nitrogens with one attached hydrogen (secondary N) is 2. The Bertz CT molecular complexity index is 346. The van der Waals surface area contributed by atoms with E-state index in [1.165, 1.54) is 0 Å². The smallest absolute Gasteiger partial charge is 0.156 e. The second-order valence-corrected chi connectivity index (χ2v) is 3.33. The van der Waals surface area contributed by atoms with Crippen molar-refractivity contribution < 1.29 is 4.79 Å². The van der Waals surface area contributed by atoms with Crippen molar-refractivity contribution in [3.63, 3.8) is 0 Å². The molecule has 0 unspecified atom stereocenters. The molecular formula is C12H16N2O. The first kappa shape index (κ1) is 11.3. The zero-order valence-corrected chi connectivity index (χ0v) is 9.08. The highest BCUT2D eigenvalue weighted by Gasteiger charge is 2.15. The van der Waals surface area contributed by atoms with Crippen molar-refractivity contribution >= 4 is 5.78 Å². The maximum atomic E-state index is 11.5. The molecule has 0 radical (unpaired) electrons. The summed E-state index contributed by atoms with van der Waals surface area (Å²) < 4.78 is 0. The molecule has 0 heterocycles. The molecule has 0 aliphatic carbocycles. The molecule has 0 saturated heterocycles. The summed E-state index contributed by atoms with van der Waals surface area (Å²) in [6.07, 6.45) is 0. The Hall–Kier alpha value is -1.77. The van der Waals surface area contributed by atoms with Crippen LogP contribution in [0.3, 0.4) is 0 Å². The lowest BCUT2D eigenvalue weighted by molar-refractivity contribution is -0.118. The van der Waals surface area contributed by atoms with Gasteiger partial charge in [-0.3, -0.25) is 4.79 Å². The third-order valence-electron chi connectivity index (χ3n) is 2.16. The van der Waals surface area contributed by atoms with Crippen molar-refractivity contribution in [1.82, 2.24) is 10.6 Å². The van der Waals surface area contributed by atoms with Gasteiger partial charge in [-0.25, -0.2) is 0 Å². The SMILES string of the molecule is C=C(NC)N[C@@H](C(C)=O)c1ccccc1. The quantitative estimate of drug-likeness (QED) is 0.765. The Labute approximate surface area is 90.2 Å². The summed E-state index contributed by atoms with van der Waals surface area (Å²) in [6, 6.07) is 9.26. The monoisotopic (exact) mass is 204 g/mol. The van der Waals surface area contributed by atoms with Crippen LogP contribution in [-0.4, -0.2) is 12.8 Å². The van der Waals surface area contributed by atoms with Crippen LogP contribution in [-0.2, 0) is 4.79 Å². The normalized spacial score (nSPS) is 11.6. The van der Waals surface area contributed by atoms with Crippen molar-refractivity contribution in [3.8, 4) is 0 Å². The molecule has 0 amide bonds. The molecular weight excluding hydrogens is 188 g/mol. The first-order chi connectivity index (χ1) is 7.15. The summed E-state index contributed by atoms with van der Waals surface area (Å²) in [5, 5.41) is 5.89. The number of rotatable bonds is 5. The number of Topliss-reactive ketones (excluding diaryl/α,β-unsaturated/α-hetero) is 1. The lowest BCUT2D eigenvalue weighted by Gasteiger charge is -2.18. The summed E-state index contributed by atoms with van der Waals surface area (Å²) >= 11 is 0. The molecule has 0 spiro atoms. The molecule has 1 aromatic rings. The van der Waals surface area contributed by atoms with Crippen molar-refractivity contribution in [2.45, 2.75) is 13.0 Å². The Morgan fingerprint density at radius 1 is 1.33 bits per heavy atom. The molecule has 1 atom stereocenters. The molecule has 0 fully saturated rings. The predicted molar refractivity (Wildman–Crippen MR) is 61.2 cm³/mol. The number of carbonyl (C=O) groups excluding carboxylic acids is 1. The van der Waals surface area contributed by atoms with Crippen LogP contribution in [0.25, 0.3) is 0 Å². The van der Waals surface area contributed by atoms with Crippen LogP contribution in [0.1, 0.15) is 18.5 Å². The van der Waals surface area contributed by atoms with Crippen LogP contribution < -0.4 is 10.6 Å². The van der Waals surface area contributed by atoms with Crippen LogP contribution in [0.5, 0.6) is 0 Å². The van der Waals surface area contributed by atoms with E-state index in [-0.39, 0.29) is 11.8 Å². The van der Waals surface area contributed by atoms with E-state index < -0.39 is 0 Å². The maximum Gasteiger partial charge on any atom is 0.156 e. The van der Waals surface area contributed by atoms with Gasteiger partial charge in [0.25, 0.3) is 0 Å². The minimum Gasteiger partial charge on any atom is -0.375 e. The number of hydrogen-bond acceptors (Lipinski definition) is 3. The molecule has 0 bridgehead atoms. The van der Waals surface area contributed by atoms with Gasteiger partial charge in [0, 0.05) is 7.05 Å². The van der Waals surface area contributed by atoms with Gasteiger partial charge in [-0.1, -0.05) is 36.9 Å². The highest BCUT2D eigenvalue weighted by atomic mass is 16.1. The molecule has 3 nitrogen and oxygen atoms in total. The first-order valence-corrected chi connectivity index (χ1v) is 4.83. The molecule has 0 aliphatic rings.